The van der Waals surface area contributed by atoms with Gasteiger partial charge in [-0.05, 0) is 136 Å². The van der Waals surface area contributed by atoms with Crippen LogP contribution >= 0.6 is 0 Å². The van der Waals surface area contributed by atoms with Crippen LogP contribution in [0.1, 0.15) is 108 Å². The normalized spacial score (nSPS) is 29.1. The standard InChI is InChI=1S/C35H42F2O/c1-3-5-7-9-25-38-33-24-23-32(34(36)35(33)37)31-21-19-30(20-22-31)29-17-15-28(16-18-29)27-13-11-26(12-14-27)10-8-6-4-2/h1,4,23-24,26-31H,2,6,8,10-22H2. The zero-order valence-corrected chi connectivity index (χ0v) is 22.8. The third kappa shape index (κ3) is 7.45. The molecule has 0 atom stereocenters. The van der Waals surface area contributed by atoms with Gasteiger partial charge in [-0.1, -0.05) is 31.4 Å². The summed E-state index contributed by atoms with van der Waals surface area (Å²) in [4.78, 5) is 0. The molecule has 3 heteroatoms. The van der Waals surface area contributed by atoms with E-state index in [1.54, 1.807) is 6.07 Å². The molecular weight excluding hydrogens is 474 g/mol. The lowest BCUT2D eigenvalue weighted by atomic mass is 9.64. The topological polar surface area (TPSA) is 9.23 Å². The number of unbranched alkanes of at least 4 members (excludes halogenated alkanes) is 1. The molecule has 38 heavy (non-hydrogen) atoms. The molecule has 1 nitrogen and oxygen atoms in total. The van der Waals surface area contributed by atoms with Crippen molar-refractivity contribution >= 4 is 0 Å². The third-order valence-electron chi connectivity index (χ3n) is 9.76. The van der Waals surface area contributed by atoms with Gasteiger partial charge in [0, 0.05) is 11.8 Å². The second kappa shape index (κ2) is 14.5. The van der Waals surface area contributed by atoms with E-state index < -0.39 is 11.6 Å². The van der Waals surface area contributed by atoms with Crippen LogP contribution in [-0.2, 0) is 0 Å². The van der Waals surface area contributed by atoms with Crippen molar-refractivity contribution in [2.75, 3.05) is 0 Å². The van der Waals surface area contributed by atoms with Crippen molar-refractivity contribution in [2.24, 2.45) is 29.6 Å². The van der Waals surface area contributed by atoms with Crippen LogP contribution in [0.15, 0.2) is 24.8 Å². The minimum atomic E-state index is -0.979. The molecule has 0 saturated heterocycles. The summed E-state index contributed by atoms with van der Waals surface area (Å²) in [5.74, 6) is 11.6. The summed E-state index contributed by atoms with van der Waals surface area (Å²) in [6.07, 6.45) is 28.6. The van der Waals surface area contributed by atoms with E-state index in [9.17, 15) is 8.78 Å². The summed E-state index contributed by atoms with van der Waals surface area (Å²) in [7, 11) is 0. The molecule has 1 aromatic rings. The van der Waals surface area contributed by atoms with Crippen molar-refractivity contribution in [3.05, 3.63) is 42.0 Å². The van der Waals surface area contributed by atoms with E-state index in [-0.39, 0.29) is 11.7 Å². The van der Waals surface area contributed by atoms with Gasteiger partial charge in [0.1, 0.15) is 6.11 Å². The zero-order valence-electron chi connectivity index (χ0n) is 22.8. The van der Waals surface area contributed by atoms with Gasteiger partial charge in [-0.15, -0.1) is 13.0 Å². The van der Waals surface area contributed by atoms with Crippen molar-refractivity contribution < 1.29 is 13.5 Å². The highest BCUT2D eigenvalue weighted by molar-refractivity contribution is 5.36. The SMILES string of the molecule is C#CC#CC#COc1ccc(C2CCC(C3CCC(C4CCC(CCCC=C)CC4)CC3)CC2)c(F)c1F. The number of rotatable bonds is 8. The number of benzene rings is 1. The highest BCUT2D eigenvalue weighted by Gasteiger charge is 2.35. The molecule has 0 spiro atoms. The van der Waals surface area contributed by atoms with Crippen LogP contribution < -0.4 is 4.74 Å². The molecule has 0 heterocycles. The summed E-state index contributed by atoms with van der Waals surface area (Å²) in [5.41, 5.74) is 0.470. The largest absolute Gasteiger partial charge is 0.403 e. The molecule has 0 aromatic heterocycles. The quantitative estimate of drug-likeness (QED) is 0.190. The molecule has 3 fully saturated rings. The first-order chi connectivity index (χ1) is 18.6. The minimum Gasteiger partial charge on any atom is -0.403 e. The molecule has 3 aliphatic rings. The van der Waals surface area contributed by atoms with Crippen molar-refractivity contribution in [3.8, 4) is 42.0 Å². The van der Waals surface area contributed by atoms with Gasteiger partial charge in [-0.3, -0.25) is 0 Å². The van der Waals surface area contributed by atoms with Gasteiger partial charge in [0.2, 0.25) is 5.82 Å². The Labute approximate surface area is 229 Å². The van der Waals surface area contributed by atoms with E-state index in [1.807, 2.05) is 0 Å². The average Bonchev–Trinajstić information content (AvgIpc) is 2.96. The smallest absolute Gasteiger partial charge is 0.202 e. The van der Waals surface area contributed by atoms with E-state index in [4.69, 9.17) is 11.2 Å². The predicted molar refractivity (Wildman–Crippen MR) is 151 cm³/mol. The average molecular weight is 517 g/mol. The summed E-state index contributed by atoms with van der Waals surface area (Å²) in [5, 5.41) is 0. The first-order valence-corrected chi connectivity index (χ1v) is 14.8. The number of ether oxygens (including phenoxy) is 1. The number of allylic oxidation sites excluding steroid dienone is 1. The first-order valence-electron chi connectivity index (χ1n) is 14.8. The Morgan fingerprint density at radius 1 is 0.789 bits per heavy atom. The van der Waals surface area contributed by atoms with Crippen LogP contribution in [0.5, 0.6) is 5.75 Å². The zero-order chi connectivity index (χ0) is 26.7. The Bertz CT molecular complexity index is 1080. The van der Waals surface area contributed by atoms with E-state index in [0.29, 0.717) is 5.56 Å². The number of hydrogen-bond acceptors (Lipinski definition) is 1. The molecule has 1 aromatic carbocycles. The Morgan fingerprint density at radius 3 is 1.95 bits per heavy atom. The van der Waals surface area contributed by atoms with Gasteiger partial charge >= 0.3 is 0 Å². The molecule has 202 valence electrons. The molecule has 0 radical (unpaired) electrons. The molecule has 0 bridgehead atoms. The molecule has 3 aliphatic carbocycles. The Morgan fingerprint density at radius 2 is 1.37 bits per heavy atom. The van der Waals surface area contributed by atoms with E-state index in [2.05, 4.69) is 42.4 Å². The van der Waals surface area contributed by atoms with Crippen LogP contribution in [-0.4, -0.2) is 0 Å². The predicted octanol–water partition coefficient (Wildman–Crippen LogP) is 9.18. The fourth-order valence-corrected chi connectivity index (χ4v) is 7.60. The molecule has 0 N–H and O–H groups in total. The maximum Gasteiger partial charge on any atom is 0.202 e. The highest BCUT2D eigenvalue weighted by atomic mass is 19.2. The first kappa shape index (κ1) is 28.3. The van der Waals surface area contributed by atoms with Gasteiger partial charge in [-0.2, -0.15) is 4.39 Å². The van der Waals surface area contributed by atoms with Gasteiger partial charge in [0.15, 0.2) is 11.6 Å². The van der Waals surface area contributed by atoms with Crippen molar-refractivity contribution in [3.63, 3.8) is 0 Å². The van der Waals surface area contributed by atoms with Crippen LogP contribution in [0.3, 0.4) is 0 Å². The fourth-order valence-electron chi connectivity index (χ4n) is 7.60. The van der Waals surface area contributed by atoms with Crippen LogP contribution in [0.4, 0.5) is 8.78 Å². The lowest BCUT2D eigenvalue weighted by Gasteiger charge is -2.41. The third-order valence-corrected chi connectivity index (χ3v) is 9.76. The number of terminal acetylenes is 1. The van der Waals surface area contributed by atoms with Gasteiger partial charge in [-0.25, -0.2) is 4.39 Å². The fraction of sp³-hybridized carbons (Fsp3) is 0.600. The molecule has 3 saturated carbocycles. The molecule has 0 amide bonds. The number of halogens is 2. The summed E-state index contributed by atoms with van der Waals surface area (Å²) < 4.78 is 34.5. The van der Waals surface area contributed by atoms with E-state index >= 15 is 0 Å². The maximum absolute atomic E-state index is 14.9. The highest BCUT2D eigenvalue weighted by Crippen LogP contribution is 2.48. The second-order valence-corrected chi connectivity index (χ2v) is 11.8. The minimum absolute atomic E-state index is 0.0698. The maximum atomic E-state index is 14.9. The van der Waals surface area contributed by atoms with E-state index in [1.165, 1.54) is 76.7 Å². The Balaban J connectivity index is 1.21. The summed E-state index contributed by atoms with van der Waals surface area (Å²) >= 11 is 0. The molecule has 0 unspecified atom stereocenters. The monoisotopic (exact) mass is 516 g/mol. The van der Waals surface area contributed by atoms with Crippen LogP contribution in [0.2, 0.25) is 0 Å². The van der Waals surface area contributed by atoms with Crippen molar-refractivity contribution in [1.82, 2.24) is 0 Å². The lowest BCUT2D eigenvalue weighted by Crippen LogP contribution is -2.29. The summed E-state index contributed by atoms with van der Waals surface area (Å²) in [6.45, 7) is 3.85. The van der Waals surface area contributed by atoms with E-state index in [0.717, 1.165) is 55.3 Å². The molecular formula is C35H42F2O. The van der Waals surface area contributed by atoms with Crippen LogP contribution in [0, 0.1) is 77.4 Å². The molecule has 0 aliphatic heterocycles. The van der Waals surface area contributed by atoms with Gasteiger partial charge in [0.25, 0.3) is 0 Å². The van der Waals surface area contributed by atoms with Crippen molar-refractivity contribution in [2.45, 2.75) is 102 Å². The lowest BCUT2D eigenvalue weighted by molar-refractivity contribution is 0.108. The van der Waals surface area contributed by atoms with Gasteiger partial charge < -0.3 is 4.74 Å². The number of hydrogen-bond donors (Lipinski definition) is 0. The molecule has 4 rings (SSSR count). The van der Waals surface area contributed by atoms with Crippen molar-refractivity contribution in [1.29, 1.82) is 0 Å². The Hall–Kier alpha value is -2.70. The Kier molecular flexibility index (Phi) is 10.8. The summed E-state index contributed by atoms with van der Waals surface area (Å²) in [6, 6.07) is 3.13. The van der Waals surface area contributed by atoms with Crippen LogP contribution in [0.25, 0.3) is 0 Å². The second-order valence-electron chi connectivity index (χ2n) is 11.8. The van der Waals surface area contributed by atoms with Gasteiger partial charge in [0.05, 0.1) is 0 Å².